The maximum Gasteiger partial charge on any atom is 0.432 e. The van der Waals surface area contributed by atoms with Crippen molar-refractivity contribution in [3.8, 4) is 0 Å². The predicted octanol–water partition coefficient (Wildman–Crippen LogP) is 6.44. The second-order valence-electron chi connectivity index (χ2n) is 9.77. The Bertz CT molecular complexity index is 1530. The van der Waals surface area contributed by atoms with Crippen LogP contribution >= 0.6 is 0 Å². The summed E-state index contributed by atoms with van der Waals surface area (Å²) < 4.78 is 153. The number of halogens is 9. The van der Waals surface area contributed by atoms with Gasteiger partial charge in [0.1, 0.15) is 6.61 Å². The van der Waals surface area contributed by atoms with Gasteiger partial charge in [-0.1, -0.05) is 78.9 Å². The Morgan fingerprint density at radius 1 is 0.583 bits per heavy atom. The Morgan fingerprint density at radius 2 is 0.958 bits per heavy atom. The van der Waals surface area contributed by atoms with E-state index < -0.39 is 77.6 Å². The molecule has 0 aliphatic carbocycles. The quantitative estimate of drug-likeness (QED) is 0.121. The molecule has 3 aromatic carbocycles. The van der Waals surface area contributed by atoms with Crippen molar-refractivity contribution in [2.45, 2.75) is 41.9 Å². The Morgan fingerprint density at radius 3 is 1.31 bits per heavy atom. The molecule has 0 fully saturated rings. The van der Waals surface area contributed by atoms with E-state index in [1.807, 2.05) is 0 Å². The van der Waals surface area contributed by atoms with E-state index in [1.165, 1.54) is 30.3 Å². The van der Waals surface area contributed by atoms with Gasteiger partial charge in [0.2, 0.25) is 6.10 Å². The molecule has 3 aromatic rings. The van der Waals surface area contributed by atoms with Crippen LogP contribution in [-0.2, 0) is 44.5 Å². The van der Waals surface area contributed by atoms with Gasteiger partial charge in [-0.25, -0.2) is 14.4 Å². The largest absolute Gasteiger partial charge is 0.458 e. The average molecular weight is 697 g/mol. The highest BCUT2D eigenvalue weighted by Crippen LogP contribution is 2.46. The smallest absolute Gasteiger partial charge is 0.432 e. The van der Waals surface area contributed by atoms with Crippen LogP contribution in [0.3, 0.4) is 0 Å². The molecule has 0 bridgehead atoms. The number of esters is 3. The molecule has 0 radical (unpaired) electrons. The molecule has 3 rings (SSSR count). The van der Waals surface area contributed by atoms with Gasteiger partial charge in [0.05, 0.1) is 5.56 Å². The van der Waals surface area contributed by atoms with Crippen LogP contribution in [0.1, 0.15) is 21.5 Å². The van der Waals surface area contributed by atoms with Crippen LogP contribution in [0.4, 0.5) is 39.5 Å². The van der Waals surface area contributed by atoms with Crippen LogP contribution in [0.2, 0.25) is 0 Å². The van der Waals surface area contributed by atoms with E-state index in [0.29, 0.717) is 26.4 Å². The summed E-state index contributed by atoms with van der Waals surface area (Å²) in [7, 11) is 0.739. The summed E-state index contributed by atoms with van der Waals surface area (Å²) in [5, 5.41) is 0. The molecule has 4 atom stereocenters. The van der Waals surface area contributed by atoms with Crippen molar-refractivity contribution in [1.82, 2.24) is 0 Å². The lowest BCUT2D eigenvalue weighted by molar-refractivity contribution is -0.301. The number of hydrogen-bond donors (Lipinski definition) is 0. The van der Waals surface area contributed by atoms with Gasteiger partial charge in [-0.2, -0.15) is 39.5 Å². The first-order valence-electron chi connectivity index (χ1n) is 13.4. The minimum atomic E-state index is -5.96. The van der Waals surface area contributed by atoms with Gasteiger partial charge in [0, 0.05) is 25.3 Å². The minimum Gasteiger partial charge on any atom is -0.458 e. The fourth-order valence-electron chi connectivity index (χ4n) is 4.54. The van der Waals surface area contributed by atoms with Crippen molar-refractivity contribution in [3.63, 3.8) is 0 Å². The standard InChI is InChI=1S/C31H25F9O8/c1-44-27(30(35,36)37,20-14-8-4-9-15-20)25(42)47-22(18-46-24(41)19-12-6-3-7-13-19)23(29(32,33)34)48-26(43)28(45-2,31(38,39)40)21-16-10-5-11-17-21/h3-17,22-23H,18H2,1-2H3. The second kappa shape index (κ2) is 14.6. The fourth-order valence-corrected chi connectivity index (χ4v) is 4.54. The zero-order valence-corrected chi connectivity index (χ0v) is 24.7. The van der Waals surface area contributed by atoms with Crippen LogP contribution in [0.5, 0.6) is 0 Å². The van der Waals surface area contributed by atoms with Crippen molar-refractivity contribution >= 4 is 17.9 Å². The van der Waals surface area contributed by atoms with Gasteiger partial charge in [0.15, 0.2) is 6.10 Å². The van der Waals surface area contributed by atoms with E-state index in [9.17, 15) is 53.9 Å². The summed E-state index contributed by atoms with van der Waals surface area (Å²) in [6.45, 7) is -1.76. The number of hydrogen-bond acceptors (Lipinski definition) is 8. The Labute approximate surface area is 266 Å². The molecule has 0 aromatic heterocycles. The van der Waals surface area contributed by atoms with E-state index in [0.717, 1.165) is 48.5 Å². The summed E-state index contributed by atoms with van der Waals surface area (Å²) in [5.41, 5.74) is -10.6. The number of carbonyl (C=O) groups is 3. The Hall–Kier alpha value is -4.64. The number of alkyl halides is 9. The summed E-state index contributed by atoms with van der Waals surface area (Å²) >= 11 is 0. The van der Waals surface area contributed by atoms with E-state index in [2.05, 4.69) is 18.9 Å². The second-order valence-corrected chi connectivity index (χ2v) is 9.77. The molecule has 4 unspecified atom stereocenters. The lowest BCUT2D eigenvalue weighted by atomic mass is 9.92. The van der Waals surface area contributed by atoms with Gasteiger partial charge in [-0.3, -0.25) is 0 Å². The van der Waals surface area contributed by atoms with E-state index in [1.54, 1.807) is 0 Å². The summed E-state index contributed by atoms with van der Waals surface area (Å²) in [5.74, 6) is -6.68. The highest BCUT2D eigenvalue weighted by molar-refractivity contribution is 5.89. The molecule has 48 heavy (non-hydrogen) atoms. The molecule has 0 aliphatic rings. The van der Waals surface area contributed by atoms with Crippen molar-refractivity contribution in [2.75, 3.05) is 20.8 Å². The van der Waals surface area contributed by atoms with Gasteiger partial charge in [-0.15, -0.1) is 0 Å². The maximum atomic E-state index is 14.6. The van der Waals surface area contributed by atoms with Crippen molar-refractivity contribution in [3.05, 3.63) is 108 Å². The fraction of sp³-hybridized carbons (Fsp3) is 0.323. The van der Waals surface area contributed by atoms with Crippen LogP contribution in [0.25, 0.3) is 0 Å². The zero-order valence-electron chi connectivity index (χ0n) is 24.7. The first-order chi connectivity index (χ1) is 22.4. The molecule has 0 heterocycles. The Kier molecular flexibility index (Phi) is 11.5. The number of benzene rings is 3. The van der Waals surface area contributed by atoms with Crippen molar-refractivity contribution in [1.29, 1.82) is 0 Å². The third kappa shape index (κ3) is 7.57. The number of rotatable bonds is 12. The number of carbonyl (C=O) groups excluding carboxylic acids is 3. The molecular weight excluding hydrogens is 671 g/mol. The molecule has 0 spiro atoms. The lowest BCUT2D eigenvalue weighted by Crippen LogP contribution is -2.58. The molecule has 0 amide bonds. The maximum absolute atomic E-state index is 14.6. The van der Waals surface area contributed by atoms with Crippen LogP contribution in [0, 0.1) is 0 Å². The van der Waals surface area contributed by atoms with E-state index in [4.69, 9.17) is 4.74 Å². The molecule has 0 saturated carbocycles. The number of methoxy groups -OCH3 is 2. The summed E-state index contributed by atoms with van der Waals surface area (Å²) in [4.78, 5) is 39.0. The first-order valence-corrected chi connectivity index (χ1v) is 13.4. The van der Waals surface area contributed by atoms with Crippen LogP contribution < -0.4 is 0 Å². The molecule has 0 saturated heterocycles. The first kappa shape index (κ1) is 37.8. The topological polar surface area (TPSA) is 97.4 Å². The monoisotopic (exact) mass is 696 g/mol. The van der Waals surface area contributed by atoms with E-state index >= 15 is 0 Å². The predicted molar refractivity (Wildman–Crippen MR) is 145 cm³/mol. The normalized spacial score (nSPS) is 16.1. The molecule has 8 nitrogen and oxygen atoms in total. The zero-order chi connectivity index (χ0) is 36.0. The Balaban J connectivity index is 2.15. The highest BCUT2D eigenvalue weighted by atomic mass is 19.4. The van der Waals surface area contributed by atoms with Gasteiger partial charge in [-0.05, 0) is 12.1 Å². The third-order valence-electron chi connectivity index (χ3n) is 6.89. The highest BCUT2D eigenvalue weighted by Gasteiger charge is 2.67. The number of ether oxygens (including phenoxy) is 5. The van der Waals surface area contributed by atoms with Gasteiger partial charge >= 0.3 is 36.4 Å². The molecule has 0 aliphatic heterocycles. The van der Waals surface area contributed by atoms with Gasteiger partial charge < -0.3 is 23.7 Å². The van der Waals surface area contributed by atoms with Crippen LogP contribution in [-0.4, -0.2) is 69.5 Å². The van der Waals surface area contributed by atoms with Gasteiger partial charge in [0.25, 0.3) is 11.2 Å². The van der Waals surface area contributed by atoms with Crippen molar-refractivity contribution in [2.24, 2.45) is 0 Å². The molecule has 0 N–H and O–H groups in total. The summed E-state index contributed by atoms with van der Waals surface area (Å²) in [6, 6.07) is 15.7. The van der Waals surface area contributed by atoms with Crippen molar-refractivity contribution < 1.29 is 77.6 Å². The third-order valence-corrected chi connectivity index (χ3v) is 6.89. The van der Waals surface area contributed by atoms with E-state index in [-0.39, 0.29) is 5.56 Å². The van der Waals surface area contributed by atoms with Crippen LogP contribution in [0.15, 0.2) is 91.0 Å². The SMILES string of the molecule is COC(C(=O)OC(COC(=O)c1ccccc1)C(OC(=O)C(OC)(c1ccccc1)C(F)(F)F)C(F)(F)F)(c1ccccc1)C(F)(F)F. The summed E-state index contributed by atoms with van der Waals surface area (Å²) in [6.07, 6.45) is -24.6. The average Bonchev–Trinajstić information content (AvgIpc) is 3.02. The molecule has 17 heteroatoms. The molecular formula is C31H25F9O8. The lowest BCUT2D eigenvalue weighted by Gasteiger charge is -2.37. The molecule has 260 valence electrons. The minimum absolute atomic E-state index is 0.284.